The smallest absolute Gasteiger partial charge is 0.256 e. The number of fused-ring (bicyclic) bond motifs is 2. The average Bonchev–Trinajstić information content (AvgIpc) is 3.32. The number of halogens is 1. The van der Waals surface area contributed by atoms with Gasteiger partial charge in [0.2, 0.25) is 0 Å². The summed E-state index contributed by atoms with van der Waals surface area (Å²) in [5.41, 5.74) is 2.52. The summed E-state index contributed by atoms with van der Waals surface area (Å²) < 4.78 is 44.9. The van der Waals surface area contributed by atoms with Gasteiger partial charge in [-0.25, -0.2) is 4.39 Å². The van der Waals surface area contributed by atoms with Gasteiger partial charge in [-0.05, 0) is 48.4 Å². The van der Waals surface area contributed by atoms with Crippen LogP contribution >= 0.6 is 0 Å². The Labute approximate surface area is 199 Å². The Hall–Kier alpha value is -3.78. The zero-order chi connectivity index (χ0) is 25.6. The molecule has 5 rings (SSSR count). The molecule has 0 bridgehead atoms. The topological polar surface area (TPSA) is 69.5 Å². The number of pyridine rings is 1. The fourth-order valence-electron chi connectivity index (χ4n) is 4.14. The van der Waals surface area contributed by atoms with Gasteiger partial charge in [-0.3, -0.25) is 14.5 Å². The van der Waals surface area contributed by atoms with Crippen LogP contribution in [0.25, 0.3) is 22.0 Å². The summed E-state index contributed by atoms with van der Waals surface area (Å²) in [5, 5.41) is 5.34. The third kappa shape index (κ3) is 4.01. The Bertz CT molecular complexity index is 1470. The number of ether oxygens (including phenoxy) is 2. The van der Waals surface area contributed by atoms with Crippen molar-refractivity contribution in [3.63, 3.8) is 0 Å². The number of rotatable bonds is 7. The Balaban J connectivity index is 1.46. The second-order valence-corrected chi connectivity index (χ2v) is 8.27. The molecule has 0 aliphatic carbocycles. The molecule has 1 unspecified atom stereocenters. The maximum atomic E-state index is 15.3. The molecule has 0 fully saturated rings. The third-order valence-corrected chi connectivity index (χ3v) is 5.70. The molecular weight excluding hydrogens is 435 g/mol. The Kier molecular flexibility index (Phi) is 5.13. The van der Waals surface area contributed by atoms with Crippen LogP contribution < -0.4 is 4.74 Å². The molecule has 34 heavy (non-hydrogen) atoms. The van der Waals surface area contributed by atoms with E-state index in [2.05, 4.69) is 10.1 Å². The Morgan fingerprint density at radius 3 is 2.85 bits per heavy atom. The van der Waals surface area contributed by atoms with E-state index in [1.165, 1.54) is 18.3 Å². The molecule has 2 aromatic carbocycles. The van der Waals surface area contributed by atoms with Crippen molar-refractivity contribution < 1.29 is 21.4 Å². The maximum Gasteiger partial charge on any atom is 0.256 e. The average molecular weight is 463 g/mol. The minimum atomic E-state index is -2.13. The van der Waals surface area contributed by atoms with Gasteiger partial charge in [0, 0.05) is 44.0 Å². The number of amides is 1. The van der Waals surface area contributed by atoms with Crippen LogP contribution in [0, 0.1) is 5.82 Å². The Morgan fingerprint density at radius 2 is 2.09 bits per heavy atom. The van der Waals surface area contributed by atoms with Crippen molar-refractivity contribution in [1.29, 1.82) is 0 Å². The van der Waals surface area contributed by atoms with Crippen molar-refractivity contribution in [3.05, 3.63) is 77.5 Å². The van der Waals surface area contributed by atoms with Crippen molar-refractivity contribution in [2.45, 2.75) is 26.1 Å². The molecule has 0 radical (unpaired) electrons. The fraction of sp³-hybridized carbons (Fsp3) is 0.269. The molecule has 1 aliphatic rings. The zero-order valence-electron chi connectivity index (χ0n) is 21.1. The van der Waals surface area contributed by atoms with E-state index >= 15 is 4.39 Å². The standard InChI is InChI=1S/C26H25FN4O3/c1-16(15-33-3)34-24-9-8-19(21-13-30(2)29-25(21)24)17-6-7-18(22(27)11-17)12-31-14-23-20(26(31)32)5-4-10-28-23/h4-11,13,16H,12,14-15H2,1-3H3/i14D2. The molecular formula is C26H25FN4O3. The molecule has 0 saturated heterocycles. The second kappa shape index (κ2) is 8.87. The van der Waals surface area contributed by atoms with Crippen LogP contribution in [0.2, 0.25) is 0 Å². The Morgan fingerprint density at radius 1 is 1.24 bits per heavy atom. The number of carbonyl (C=O) groups excluding carboxylic acids is 1. The van der Waals surface area contributed by atoms with Crippen molar-refractivity contribution in [2.75, 3.05) is 13.7 Å². The van der Waals surface area contributed by atoms with E-state index in [4.69, 9.17) is 12.2 Å². The van der Waals surface area contributed by atoms with E-state index in [9.17, 15) is 4.79 Å². The number of aryl methyl sites for hydroxylation is 1. The first kappa shape index (κ1) is 19.7. The number of methoxy groups -OCH3 is 1. The molecule has 0 spiro atoms. The van der Waals surface area contributed by atoms with Crippen molar-refractivity contribution in [2.24, 2.45) is 7.05 Å². The van der Waals surface area contributed by atoms with Crippen LogP contribution in [0.15, 0.2) is 54.9 Å². The lowest BCUT2D eigenvalue weighted by Crippen LogP contribution is -2.23. The number of hydrogen-bond acceptors (Lipinski definition) is 5. The molecule has 3 heterocycles. The molecule has 4 aromatic rings. The predicted octanol–water partition coefficient (Wildman–Crippen LogP) is 4.34. The molecule has 0 saturated carbocycles. The zero-order valence-corrected chi connectivity index (χ0v) is 19.1. The minimum Gasteiger partial charge on any atom is -0.486 e. The number of nitrogens with zero attached hydrogens (tertiary/aromatic N) is 4. The van der Waals surface area contributed by atoms with Gasteiger partial charge in [-0.1, -0.05) is 12.1 Å². The lowest BCUT2D eigenvalue weighted by molar-refractivity contribution is 0.0765. The predicted molar refractivity (Wildman–Crippen MR) is 126 cm³/mol. The summed E-state index contributed by atoms with van der Waals surface area (Å²) in [7, 11) is 3.42. The van der Waals surface area contributed by atoms with Gasteiger partial charge in [-0.15, -0.1) is 0 Å². The maximum absolute atomic E-state index is 15.3. The molecule has 7 nitrogen and oxygen atoms in total. The largest absolute Gasteiger partial charge is 0.486 e. The highest BCUT2D eigenvalue weighted by Crippen LogP contribution is 2.35. The van der Waals surface area contributed by atoms with Crippen LogP contribution in [0.4, 0.5) is 4.39 Å². The monoisotopic (exact) mass is 462 g/mol. The van der Waals surface area contributed by atoms with Crippen LogP contribution in [-0.2, 0) is 24.8 Å². The fourth-order valence-corrected chi connectivity index (χ4v) is 4.14. The highest BCUT2D eigenvalue weighted by Gasteiger charge is 2.28. The summed E-state index contributed by atoms with van der Waals surface area (Å²) in [6.07, 6.45) is 3.13. The quantitative estimate of drug-likeness (QED) is 0.409. The van der Waals surface area contributed by atoms with Gasteiger partial charge in [0.25, 0.3) is 5.91 Å². The summed E-state index contributed by atoms with van der Waals surface area (Å²) in [4.78, 5) is 17.9. The summed E-state index contributed by atoms with van der Waals surface area (Å²) >= 11 is 0. The lowest BCUT2D eigenvalue weighted by atomic mass is 9.99. The van der Waals surface area contributed by atoms with Gasteiger partial charge in [0.1, 0.15) is 23.2 Å². The highest BCUT2D eigenvalue weighted by atomic mass is 19.1. The summed E-state index contributed by atoms with van der Waals surface area (Å²) in [6, 6.07) is 11.5. The van der Waals surface area contributed by atoms with Gasteiger partial charge >= 0.3 is 0 Å². The lowest BCUT2D eigenvalue weighted by Gasteiger charge is -2.17. The third-order valence-electron chi connectivity index (χ3n) is 5.70. The summed E-state index contributed by atoms with van der Waals surface area (Å²) in [6.45, 7) is -0.0130. The van der Waals surface area contributed by atoms with E-state index in [1.807, 2.05) is 32.3 Å². The SMILES string of the molecule is [2H]C1([2H])c2ncccc2C(=O)N1Cc1ccc(-c2ccc(OC(C)COC)c3nn(C)cc23)cc1F. The van der Waals surface area contributed by atoms with Crippen LogP contribution in [0.3, 0.4) is 0 Å². The molecule has 8 heteroatoms. The van der Waals surface area contributed by atoms with Crippen molar-refractivity contribution in [3.8, 4) is 16.9 Å². The number of hydrogen-bond donors (Lipinski definition) is 0. The van der Waals surface area contributed by atoms with Crippen molar-refractivity contribution in [1.82, 2.24) is 19.7 Å². The van der Waals surface area contributed by atoms with Gasteiger partial charge < -0.3 is 14.4 Å². The summed E-state index contributed by atoms with van der Waals surface area (Å²) in [5.74, 6) is -0.438. The molecule has 1 aliphatic heterocycles. The van der Waals surface area contributed by atoms with E-state index in [-0.39, 0.29) is 29.5 Å². The molecule has 1 amide bonds. The van der Waals surface area contributed by atoms with Gasteiger partial charge in [-0.2, -0.15) is 5.10 Å². The van der Waals surface area contributed by atoms with Gasteiger partial charge in [0.15, 0.2) is 0 Å². The molecule has 0 N–H and O–H groups in total. The minimum absolute atomic E-state index is 0.0492. The van der Waals surface area contributed by atoms with E-state index < -0.39 is 18.2 Å². The number of carbonyl (C=O) groups is 1. The molecule has 174 valence electrons. The van der Waals surface area contributed by atoms with Gasteiger partial charge in [0.05, 0.1) is 27.1 Å². The molecule has 1 atom stereocenters. The van der Waals surface area contributed by atoms with E-state index in [0.29, 0.717) is 23.4 Å². The first-order valence-corrected chi connectivity index (χ1v) is 10.9. The normalized spacial score (nSPS) is 16.4. The number of benzene rings is 2. The first-order valence-electron chi connectivity index (χ1n) is 11.9. The molecule has 2 aromatic heterocycles. The second-order valence-electron chi connectivity index (χ2n) is 8.27. The van der Waals surface area contributed by atoms with Crippen LogP contribution in [-0.4, -0.2) is 45.4 Å². The first-order chi connectivity index (χ1) is 17.2. The highest BCUT2D eigenvalue weighted by molar-refractivity contribution is 5.98. The van der Waals surface area contributed by atoms with E-state index in [0.717, 1.165) is 15.8 Å². The van der Waals surface area contributed by atoms with Crippen LogP contribution in [0.1, 0.15) is 31.3 Å². The number of aromatic nitrogens is 3. The van der Waals surface area contributed by atoms with Crippen molar-refractivity contribution >= 4 is 16.8 Å². The van der Waals surface area contributed by atoms with E-state index in [1.54, 1.807) is 30.0 Å². The van der Waals surface area contributed by atoms with Crippen LogP contribution in [0.5, 0.6) is 5.75 Å².